The number of pyridine rings is 1. The van der Waals surface area contributed by atoms with Crippen molar-refractivity contribution in [2.75, 3.05) is 13.2 Å². The molecule has 1 aliphatic heterocycles. The van der Waals surface area contributed by atoms with Gasteiger partial charge in [-0.15, -0.1) is 0 Å². The Kier molecular flexibility index (Phi) is 5.58. The molecule has 3 heterocycles. The van der Waals surface area contributed by atoms with Crippen molar-refractivity contribution in [2.24, 2.45) is 0 Å². The zero-order chi connectivity index (χ0) is 19.3. The van der Waals surface area contributed by atoms with Gasteiger partial charge in [0.25, 0.3) is 5.91 Å². The molecule has 3 aromatic rings. The van der Waals surface area contributed by atoms with E-state index in [9.17, 15) is 4.79 Å². The SMILES string of the molecule is O=C(COc1cccnc1)N1CCC[C@@H]1c1ncc(Cc2cccc(Cl)c2)o1. The Labute approximate surface area is 168 Å². The molecule has 0 unspecified atom stereocenters. The predicted molar refractivity (Wildman–Crippen MR) is 104 cm³/mol. The van der Waals surface area contributed by atoms with Gasteiger partial charge in [-0.3, -0.25) is 9.78 Å². The van der Waals surface area contributed by atoms with Crippen LogP contribution in [0.2, 0.25) is 5.02 Å². The maximum absolute atomic E-state index is 12.6. The van der Waals surface area contributed by atoms with Gasteiger partial charge in [-0.1, -0.05) is 23.7 Å². The van der Waals surface area contributed by atoms with Crippen LogP contribution in [0.15, 0.2) is 59.4 Å². The third-order valence-corrected chi connectivity index (χ3v) is 4.93. The van der Waals surface area contributed by atoms with E-state index in [-0.39, 0.29) is 18.6 Å². The van der Waals surface area contributed by atoms with Gasteiger partial charge in [0.1, 0.15) is 17.6 Å². The maximum Gasteiger partial charge on any atom is 0.261 e. The third kappa shape index (κ3) is 4.34. The van der Waals surface area contributed by atoms with Crippen LogP contribution in [0.3, 0.4) is 0 Å². The highest BCUT2D eigenvalue weighted by molar-refractivity contribution is 6.30. The standard InChI is InChI=1S/C21H20ClN3O3/c22-16-5-1-4-15(10-16)11-18-13-24-21(28-18)19-7-3-9-25(19)20(26)14-27-17-6-2-8-23-12-17/h1-2,4-6,8,10,12-13,19H,3,7,9,11,14H2/t19-/m1/s1. The maximum atomic E-state index is 12.6. The van der Waals surface area contributed by atoms with Crippen molar-refractivity contribution in [3.05, 3.63) is 77.2 Å². The summed E-state index contributed by atoms with van der Waals surface area (Å²) in [6, 6.07) is 11.0. The topological polar surface area (TPSA) is 68.5 Å². The highest BCUT2D eigenvalue weighted by Gasteiger charge is 2.33. The van der Waals surface area contributed by atoms with E-state index in [1.165, 1.54) is 0 Å². The Hall–Kier alpha value is -2.86. The molecule has 0 radical (unpaired) electrons. The lowest BCUT2D eigenvalue weighted by Gasteiger charge is -2.22. The number of nitrogens with zero attached hydrogens (tertiary/aromatic N) is 3. The molecule has 0 saturated carbocycles. The van der Waals surface area contributed by atoms with Crippen LogP contribution in [0.1, 0.15) is 36.1 Å². The highest BCUT2D eigenvalue weighted by Crippen LogP contribution is 2.32. The van der Waals surface area contributed by atoms with Gasteiger partial charge in [0, 0.05) is 24.2 Å². The number of hydrogen-bond donors (Lipinski definition) is 0. The fourth-order valence-corrected chi connectivity index (χ4v) is 3.60. The third-order valence-electron chi connectivity index (χ3n) is 4.69. The number of carbonyl (C=O) groups excluding carboxylic acids is 1. The van der Waals surface area contributed by atoms with Crippen LogP contribution in [0, 0.1) is 0 Å². The van der Waals surface area contributed by atoms with Crippen LogP contribution in [-0.2, 0) is 11.2 Å². The number of carbonyl (C=O) groups is 1. The van der Waals surface area contributed by atoms with Gasteiger partial charge >= 0.3 is 0 Å². The number of rotatable bonds is 6. The molecular formula is C21H20ClN3O3. The Morgan fingerprint density at radius 2 is 2.21 bits per heavy atom. The van der Waals surface area contributed by atoms with Gasteiger partial charge in [0.15, 0.2) is 6.61 Å². The molecule has 1 aromatic carbocycles. The molecule has 1 saturated heterocycles. The summed E-state index contributed by atoms with van der Waals surface area (Å²) >= 11 is 6.04. The summed E-state index contributed by atoms with van der Waals surface area (Å²) in [5, 5.41) is 0.693. The Morgan fingerprint density at radius 3 is 3.04 bits per heavy atom. The zero-order valence-electron chi connectivity index (χ0n) is 15.3. The fourth-order valence-electron chi connectivity index (χ4n) is 3.39. The minimum Gasteiger partial charge on any atom is -0.482 e. The van der Waals surface area contributed by atoms with Crippen molar-refractivity contribution in [1.29, 1.82) is 0 Å². The number of halogens is 1. The number of benzene rings is 1. The number of likely N-dealkylation sites (tertiary alicyclic amines) is 1. The number of oxazole rings is 1. The van der Waals surface area contributed by atoms with Gasteiger partial charge in [0.05, 0.1) is 12.4 Å². The lowest BCUT2D eigenvalue weighted by atomic mass is 10.1. The molecule has 1 amide bonds. The summed E-state index contributed by atoms with van der Waals surface area (Å²) in [5.74, 6) is 1.82. The van der Waals surface area contributed by atoms with Crippen molar-refractivity contribution in [1.82, 2.24) is 14.9 Å². The van der Waals surface area contributed by atoms with Crippen molar-refractivity contribution in [2.45, 2.75) is 25.3 Å². The van der Waals surface area contributed by atoms with E-state index in [1.807, 2.05) is 24.3 Å². The molecule has 2 aromatic heterocycles. The van der Waals surface area contributed by atoms with Crippen LogP contribution in [-0.4, -0.2) is 33.9 Å². The van der Waals surface area contributed by atoms with E-state index in [1.54, 1.807) is 35.6 Å². The highest BCUT2D eigenvalue weighted by atomic mass is 35.5. The lowest BCUT2D eigenvalue weighted by molar-refractivity contribution is -0.134. The number of ether oxygens (including phenoxy) is 1. The summed E-state index contributed by atoms with van der Waals surface area (Å²) in [5.41, 5.74) is 1.06. The first-order chi connectivity index (χ1) is 13.7. The number of aromatic nitrogens is 2. The first-order valence-electron chi connectivity index (χ1n) is 9.20. The molecule has 1 atom stereocenters. The molecule has 7 heteroatoms. The van der Waals surface area contributed by atoms with Crippen molar-refractivity contribution in [3.63, 3.8) is 0 Å². The second kappa shape index (κ2) is 8.44. The smallest absolute Gasteiger partial charge is 0.261 e. The molecule has 0 aliphatic carbocycles. The fraction of sp³-hybridized carbons (Fsp3) is 0.286. The molecule has 6 nitrogen and oxygen atoms in total. The van der Waals surface area contributed by atoms with Gasteiger partial charge < -0.3 is 14.1 Å². The number of amides is 1. The van der Waals surface area contributed by atoms with Crippen molar-refractivity contribution in [3.8, 4) is 5.75 Å². The van der Waals surface area contributed by atoms with E-state index in [0.29, 0.717) is 29.6 Å². The molecule has 0 bridgehead atoms. The number of hydrogen-bond acceptors (Lipinski definition) is 5. The minimum absolute atomic E-state index is 0.0295. The summed E-state index contributed by atoms with van der Waals surface area (Å²) in [6.07, 6.45) is 7.33. The quantitative estimate of drug-likeness (QED) is 0.627. The van der Waals surface area contributed by atoms with Crippen molar-refractivity contribution >= 4 is 17.5 Å². The van der Waals surface area contributed by atoms with Crippen molar-refractivity contribution < 1.29 is 13.9 Å². The molecule has 1 aliphatic rings. The largest absolute Gasteiger partial charge is 0.482 e. The average Bonchev–Trinajstić information content (AvgIpc) is 3.36. The molecular weight excluding hydrogens is 378 g/mol. The molecule has 0 N–H and O–H groups in total. The molecule has 28 heavy (non-hydrogen) atoms. The predicted octanol–water partition coefficient (Wildman–Crippen LogP) is 4.06. The summed E-state index contributed by atoms with van der Waals surface area (Å²) in [6.45, 7) is 0.643. The van der Waals surface area contributed by atoms with Crippen LogP contribution < -0.4 is 4.74 Å². The second-order valence-corrected chi connectivity index (χ2v) is 7.13. The minimum atomic E-state index is -0.155. The molecule has 0 spiro atoms. The Bertz CT molecular complexity index is 945. The van der Waals surface area contributed by atoms with Crippen LogP contribution >= 0.6 is 11.6 Å². The lowest BCUT2D eigenvalue weighted by Crippen LogP contribution is -2.34. The Morgan fingerprint density at radius 1 is 1.29 bits per heavy atom. The second-order valence-electron chi connectivity index (χ2n) is 6.69. The summed E-state index contributed by atoms with van der Waals surface area (Å²) < 4.78 is 11.5. The first-order valence-corrected chi connectivity index (χ1v) is 9.58. The van der Waals surface area contributed by atoms with Crippen LogP contribution in [0.25, 0.3) is 0 Å². The molecule has 4 rings (SSSR count). The zero-order valence-corrected chi connectivity index (χ0v) is 16.0. The summed E-state index contributed by atoms with van der Waals surface area (Å²) in [4.78, 5) is 22.8. The van der Waals surface area contributed by atoms with E-state index >= 15 is 0 Å². The molecule has 1 fully saturated rings. The van der Waals surface area contributed by atoms with E-state index < -0.39 is 0 Å². The van der Waals surface area contributed by atoms with Gasteiger partial charge in [0.2, 0.25) is 5.89 Å². The van der Waals surface area contributed by atoms with E-state index in [0.717, 1.165) is 24.2 Å². The molecule has 144 valence electrons. The van der Waals surface area contributed by atoms with Gasteiger partial charge in [-0.2, -0.15) is 0 Å². The van der Waals surface area contributed by atoms with Gasteiger partial charge in [-0.25, -0.2) is 4.98 Å². The summed E-state index contributed by atoms with van der Waals surface area (Å²) in [7, 11) is 0. The van der Waals surface area contributed by atoms with E-state index in [4.69, 9.17) is 20.8 Å². The van der Waals surface area contributed by atoms with Crippen LogP contribution in [0.5, 0.6) is 5.75 Å². The normalized spacial score (nSPS) is 16.3. The van der Waals surface area contributed by atoms with Crippen LogP contribution in [0.4, 0.5) is 0 Å². The first kappa shape index (κ1) is 18.5. The Balaban J connectivity index is 1.40. The van der Waals surface area contributed by atoms with E-state index in [2.05, 4.69) is 9.97 Å². The average molecular weight is 398 g/mol. The van der Waals surface area contributed by atoms with Gasteiger partial charge in [-0.05, 0) is 42.7 Å². The monoisotopic (exact) mass is 397 g/mol.